The number of aryl methyl sites for hydroxylation is 2. The van der Waals surface area contributed by atoms with Crippen LogP contribution in [0.3, 0.4) is 0 Å². The van der Waals surface area contributed by atoms with E-state index in [2.05, 4.69) is 0 Å². The van der Waals surface area contributed by atoms with E-state index in [1.165, 1.54) is 45.0 Å². The zero-order chi connectivity index (χ0) is 23.0. The van der Waals surface area contributed by atoms with Crippen molar-refractivity contribution < 1.29 is 26.7 Å². The number of hydrogen-bond acceptors (Lipinski definition) is 1. The minimum absolute atomic E-state index is 0.0513. The summed E-state index contributed by atoms with van der Waals surface area (Å²) in [6, 6.07) is 6.01. The Balaban J connectivity index is 2.62. The fourth-order valence-corrected chi connectivity index (χ4v) is 3.38. The molecule has 0 amide bonds. The van der Waals surface area contributed by atoms with E-state index in [9.17, 15) is 26.7 Å². The van der Waals surface area contributed by atoms with Gasteiger partial charge in [0.15, 0.2) is 5.78 Å². The summed E-state index contributed by atoms with van der Waals surface area (Å²) >= 11 is 6.04. The first kappa shape index (κ1) is 24.1. The van der Waals surface area contributed by atoms with Crippen molar-refractivity contribution >= 4 is 23.2 Å². The molecule has 7 heteroatoms. The summed E-state index contributed by atoms with van der Waals surface area (Å²) in [4.78, 5) is 11.7. The Kier molecular flexibility index (Phi) is 6.82. The summed E-state index contributed by atoms with van der Waals surface area (Å²) in [5.41, 5.74) is -1.51. The van der Waals surface area contributed by atoms with Crippen LogP contribution in [0.15, 0.2) is 36.4 Å². The smallest absolute Gasteiger partial charge is 0.294 e. The van der Waals surface area contributed by atoms with Gasteiger partial charge in [0, 0.05) is 16.1 Å². The molecule has 162 valence electrons. The third-order valence-electron chi connectivity index (χ3n) is 4.80. The Morgan fingerprint density at radius 3 is 2.00 bits per heavy atom. The lowest BCUT2D eigenvalue weighted by molar-refractivity contribution is -0.139. The predicted octanol–water partition coefficient (Wildman–Crippen LogP) is 8.02. The molecule has 0 aliphatic carbocycles. The molecule has 30 heavy (non-hydrogen) atoms. The molecule has 0 aliphatic heterocycles. The van der Waals surface area contributed by atoms with Gasteiger partial charge in [0.05, 0.1) is 0 Å². The number of alkyl halides is 4. The molecule has 0 saturated heterocycles. The van der Waals surface area contributed by atoms with Crippen LogP contribution in [0.1, 0.15) is 64.9 Å². The monoisotopic (exact) mass is 444 g/mol. The number of Topliss-reactive ketones (excluding diaryl/α,β-unsaturated/α-hetero) is 1. The van der Waals surface area contributed by atoms with Crippen molar-refractivity contribution in [1.29, 1.82) is 0 Å². The molecule has 0 aromatic heterocycles. The molecule has 1 atom stereocenters. The van der Waals surface area contributed by atoms with E-state index in [0.29, 0.717) is 22.2 Å². The first-order valence-electron chi connectivity index (χ1n) is 9.18. The minimum Gasteiger partial charge on any atom is -0.294 e. The average Bonchev–Trinajstić information content (AvgIpc) is 2.61. The van der Waals surface area contributed by atoms with Crippen LogP contribution in [0.25, 0.3) is 5.83 Å². The summed E-state index contributed by atoms with van der Waals surface area (Å²) < 4.78 is 70.7. The first-order chi connectivity index (χ1) is 13.6. The van der Waals surface area contributed by atoms with E-state index in [1.807, 2.05) is 0 Å². The molecule has 0 aliphatic rings. The second-order valence-corrected chi connectivity index (χ2v) is 8.17. The Bertz CT molecular complexity index is 977. The van der Waals surface area contributed by atoms with Gasteiger partial charge in [-0.1, -0.05) is 35.9 Å². The number of carbonyl (C=O) groups is 1. The standard InChI is InChI=1S/C23H22ClF5O/c1-12-8-16(9-13(2)21(12)24)18(23(27,28)29)11-20(25)15-6-7-17(14(3)30)19(10-15)22(4,5)26/h6-11,18H,1-5H3/b20-11-. The molecular formula is C23H22ClF5O. The highest BCUT2D eigenvalue weighted by atomic mass is 35.5. The number of allylic oxidation sites excluding steroid dienone is 1. The fraction of sp³-hybridized carbons (Fsp3) is 0.348. The van der Waals surface area contributed by atoms with Gasteiger partial charge in [-0.05, 0) is 69.0 Å². The zero-order valence-electron chi connectivity index (χ0n) is 17.2. The van der Waals surface area contributed by atoms with Crippen LogP contribution in [-0.4, -0.2) is 12.0 Å². The van der Waals surface area contributed by atoms with Crippen molar-refractivity contribution in [2.75, 3.05) is 0 Å². The van der Waals surface area contributed by atoms with Gasteiger partial charge in [0.25, 0.3) is 0 Å². The maximum Gasteiger partial charge on any atom is 0.399 e. The minimum atomic E-state index is -4.76. The molecule has 0 saturated carbocycles. The van der Waals surface area contributed by atoms with Crippen LogP contribution in [0.2, 0.25) is 5.02 Å². The molecule has 2 aromatic rings. The van der Waals surface area contributed by atoms with E-state index in [0.717, 1.165) is 6.07 Å². The van der Waals surface area contributed by atoms with Gasteiger partial charge >= 0.3 is 6.18 Å². The van der Waals surface area contributed by atoms with E-state index < -0.39 is 29.4 Å². The molecule has 0 fully saturated rings. The highest BCUT2D eigenvalue weighted by Crippen LogP contribution is 2.40. The highest BCUT2D eigenvalue weighted by Gasteiger charge is 2.40. The van der Waals surface area contributed by atoms with Crippen molar-refractivity contribution in [1.82, 2.24) is 0 Å². The molecule has 0 radical (unpaired) electrons. The lowest BCUT2D eigenvalue weighted by Gasteiger charge is -2.21. The Morgan fingerprint density at radius 2 is 1.57 bits per heavy atom. The SMILES string of the molecule is CC(=O)c1ccc(/C(F)=C/C(c2cc(C)c(Cl)c(C)c2)C(F)(F)F)cc1C(C)(C)F. The molecule has 0 bridgehead atoms. The Hall–Kier alpha value is -2.21. The van der Waals surface area contributed by atoms with E-state index >= 15 is 0 Å². The van der Waals surface area contributed by atoms with Crippen molar-refractivity contribution in [3.63, 3.8) is 0 Å². The molecule has 2 rings (SSSR count). The third kappa shape index (κ3) is 5.28. The number of hydrogen-bond donors (Lipinski definition) is 0. The predicted molar refractivity (Wildman–Crippen MR) is 109 cm³/mol. The number of ketones is 1. The normalized spacial score (nSPS) is 14.0. The van der Waals surface area contributed by atoms with Gasteiger partial charge in [0.1, 0.15) is 17.4 Å². The maximum atomic E-state index is 14.9. The Morgan fingerprint density at radius 1 is 1.03 bits per heavy atom. The van der Waals surface area contributed by atoms with Gasteiger partial charge in [0.2, 0.25) is 0 Å². The Labute approximate surface area is 177 Å². The van der Waals surface area contributed by atoms with Crippen LogP contribution < -0.4 is 0 Å². The summed E-state index contributed by atoms with van der Waals surface area (Å²) in [5, 5.41) is 0.346. The van der Waals surface area contributed by atoms with Crippen molar-refractivity contribution in [2.24, 2.45) is 0 Å². The van der Waals surface area contributed by atoms with Gasteiger partial charge in [-0.2, -0.15) is 13.2 Å². The van der Waals surface area contributed by atoms with Gasteiger partial charge in [-0.3, -0.25) is 4.79 Å². The van der Waals surface area contributed by atoms with Crippen molar-refractivity contribution in [3.05, 3.63) is 74.8 Å². The van der Waals surface area contributed by atoms with Crippen LogP contribution in [0.4, 0.5) is 22.0 Å². The van der Waals surface area contributed by atoms with Crippen LogP contribution in [0.5, 0.6) is 0 Å². The van der Waals surface area contributed by atoms with Crippen LogP contribution in [0, 0.1) is 13.8 Å². The highest BCUT2D eigenvalue weighted by molar-refractivity contribution is 6.32. The topological polar surface area (TPSA) is 17.1 Å². The molecular weight excluding hydrogens is 423 g/mol. The number of benzene rings is 2. The van der Waals surface area contributed by atoms with Crippen LogP contribution in [-0.2, 0) is 5.67 Å². The van der Waals surface area contributed by atoms with Gasteiger partial charge in [-0.15, -0.1) is 0 Å². The van der Waals surface area contributed by atoms with E-state index in [1.54, 1.807) is 13.8 Å². The van der Waals surface area contributed by atoms with Crippen LogP contribution >= 0.6 is 11.6 Å². The average molecular weight is 445 g/mol. The summed E-state index contributed by atoms with van der Waals surface area (Å²) in [6.07, 6.45) is -4.30. The van der Waals surface area contributed by atoms with Gasteiger partial charge < -0.3 is 0 Å². The second-order valence-electron chi connectivity index (χ2n) is 7.79. The molecule has 1 nitrogen and oxygen atoms in total. The molecule has 1 unspecified atom stereocenters. The molecule has 0 N–H and O–H groups in total. The molecule has 0 heterocycles. The van der Waals surface area contributed by atoms with Crippen molar-refractivity contribution in [3.8, 4) is 0 Å². The summed E-state index contributed by atoms with van der Waals surface area (Å²) in [7, 11) is 0. The maximum absolute atomic E-state index is 14.9. The van der Waals surface area contributed by atoms with E-state index in [4.69, 9.17) is 11.6 Å². The number of carbonyl (C=O) groups excluding carboxylic acids is 1. The summed E-state index contributed by atoms with van der Waals surface area (Å²) in [6.45, 7) is 6.77. The lowest BCUT2D eigenvalue weighted by Crippen LogP contribution is -2.19. The first-order valence-corrected chi connectivity index (χ1v) is 9.56. The lowest BCUT2D eigenvalue weighted by atomic mass is 9.89. The van der Waals surface area contributed by atoms with E-state index in [-0.39, 0.29) is 22.3 Å². The largest absolute Gasteiger partial charge is 0.399 e. The zero-order valence-corrected chi connectivity index (χ0v) is 18.0. The summed E-state index contributed by atoms with van der Waals surface area (Å²) in [5.74, 6) is -3.81. The van der Waals surface area contributed by atoms with Crippen molar-refractivity contribution in [2.45, 2.75) is 52.4 Å². The quantitative estimate of drug-likeness (QED) is 0.337. The molecule has 2 aromatic carbocycles. The third-order valence-corrected chi connectivity index (χ3v) is 5.39. The fourth-order valence-electron chi connectivity index (χ4n) is 3.27. The number of rotatable bonds is 5. The van der Waals surface area contributed by atoms with Gasteiger partial charge in [-0.25, -0.2) is 8.78 Å². The number of halogens is 6. The molecule has 0 spiro atoms. The second kappa shape index (κ2) is 8.50.